The van der Waals surface area contributed by atoms with Gasteiger partial charge in [-0.3, -0.25) is 18.9 Å². The van der Waals surface area contributed by atoms with Crippen LogP contribution in [-0.2, 0) is 26.8 Å². The standard InChI is InChI=1S/C18H21ClN5O8P/c19-10-3-1-9(2-4-10)5-6-23-8-24(15-12(23)16(27)22-18(20)21-15)17-14(26)13(25)11(32-17)7-31-33(28,29)30/h1-4,8,11,13-14,17,25-26H,5-7H2,(H4-,20,21,22,27,28,29,30)/t11-,13-,14-,17-/m1/s1. The average Bonchev–Trinajstić information content (AvgIpc) is 3.23. The average molecular weight is 502 g/mol. The van der Waals surface area contributed by atoms with Crippen LogP contribution in [0.15, 0.2) is 35.4 Å². The summed E-state index contributed by atoms with van der Waals surface area (Å²) in [4.78, 5) is 38.9. The van der Waals surface area contributed by atoms with Crippen molar-refractivity contribution in [2.75, 3.05) is 12.3 Å². The van der Waals surface area contributed by atoms with Crippen LogP contribution >= 0.6 is 19.4 Å². The zero-order valence-corrected chi connectivity index (χ0v) is 18.6. The number of hydrogen-bond acceptors (Lipinski definition) is 9. The van der Waals surface area contributed by atoms with Crippen molar-refractivity contribution in [1.82, 2.24) is 14.5 Å². The number of aromatic nitrogens is 4. The predicted octanol–water partition coefficient (Wildman–Crippen LogP) is -1.41. The zero-order valence-electron chi connectivity index (χ0n) is 16.9. The molecule has 0 aliphatic carbocycles. The number of aliphatic hydroxyl groups is 2. The van der Waals surface area contributed by atoms with Gasteiger partial charge in [0.1, 0.15) is 18.3 Å². The molecular weight excluding hydrogens is 481 g/mol. The Hall–Kier alpha value is -2.35. The molecule has 3 heterocycles. The van der Waals surface area contributed by atoms with Gasteiger partial charge in [0.15, 0.2) is 6.33 Å². The Morgan fingerprint density at radius 2 is 2.03 bits per heavy atom. The van der Waals surface area contributed by atoms with Crippen LogP contribution in [0.1, 0.15) is 11.8 Å². The molecule has 6 N–H and O–H groups in total. The monoisotopic (exact) mass is 501 g/mol. The van der Waals surface area contributed by atoms with E-state index in [9.17, 15) is 24.5 Å². The maximum atomic E-state index is 12.6. The largest absolute Gasteiger partial charge is 0.756 e. The van der Waals surface area contributed by atoms with Crippen molar-refractivity contribution in [3.05, 3.63) is 51.5 Å². The fraction of sp³-hybridized carbons (Fsp3) is 0.389. The number of benzene rings is 1. The second-order valence-corrected chi connectivity index (χ2v) is 9.16. The van der Waals surface area contributed by atoms with Gasteiger partial charge in [-0.05, 0) is 17.7 Å². The lowest BCUT2D eigenvalue weighted by Crippen LogP contribution is -2.46. The Balaban J connectivity index is 1.66. The number of aliphatic hydroxyl groups excluding tert-OH is 2. The molecule has 4 rings (SSSR count). The number of nitrogens with zero attached hydrogens (tertiary/aromatic N) is 3. The Kier molecular flexibility index (Phi) is 6.58. The van der Waals surface area contributed by atoms with Gasteiger partial charge in [-0.25, -0.2) is 4.57 Å². The first-order chi connectivity index (χ1) is 15.5. The minimum atomic E-state index is -5.06. The molecule has 0 saturated carbocycles. The number of phosphoric ester groups is 1. The Bertz CT molecular complexity index is 1260. The van der Waals surface area contributed by atoms with Crippen LogP contribution in [0.2, 0.25) is 5.02 Å². The van der Waals surface area contributed by atoms with Crippen LogP contribution in [0.5, 0.6) is 0 Å². The lowest BCUT2D eigenvalue weighted by Gasteiger charge is -2.19. The molecule has 3 aromatic rings. The second-order valence-electron chi connectivity index (χ2n) is 7.53. The quantitative estimate of drug-likeness (QED) is 0.189. The maximum Gasteiger partial charge on any atom is 0.313 e. The molecule has 0 bridgehead atoms. The third-order valence-corrected chi connectivity index (χ3v) is 5.99. The third kappa shape index (κ3) is 5.10. The van der Waals surface area contributed by atoms with Gasteiger partial charge in [0, 0.05) is 11.4 Å². The van der Waals surface area contributed by atoms with Gasteiger partial charge in [-0.2, -0.15) is 0 Å². The number of halogens is 1. The fourth-order valence-electron chi connectivity index (χ4n) is 3.69. The topological polar surface area (TPSA) is 200 Å². The van der Waals surface area contributed by atoms with E-state index < -0.39 is 44.5 Å². The molecule has 1 aliphatic heterocycles. The van der Waals surface area contributed by atoms with E-state index in [-0.39, 0.29) is 17.1 Å². The minimum absolute atomic E-state index is 0.0850. The first-order valence-electron chi connectivity index (χ1n) is 9.77. The van der Waals surface area contributed by atoms with E-state index in [4.69, 9.17) is 27.0 Å². The summed E-state index contributed by atoms with van der Waals surface area (Å²) in [5, 5.41) is 21.4. The SMILES string of the molecule is Nc1nc2c(c(=O)[nH]1)n(CCc1ccc(Cl)cc1)c[n+]2[C@@H]1O[C@H](COP(=O)([O-])O)[C@@H](O)[C@H]1O. The number of fused-ring (bicyclic) bond motifs is 1. The van der Waals surface area contributed by atoms with Crippen molar-refractivity contribution in [3.63, 3.8) is 0 Å². The molecule has 1 unspecified atom stereocenters. The predicted molar refractivity (Wildman–Crippen MR) is 112 cm³/mol. The molecule has 1 aromatic carbocycles. The number of imidazole rings is 1. The molecule has 0 radical (unpaired) electrons. The molecule has 0 spiro atoms. The van der Waals surface area contributed by atoms with Gasteiger partial charge in [0.05, 0.1) is 13.2 Å². The van der Waals surface area contributed by atoms with Gasteiger partial charge >= 0.3 is 5.65 Å². The lowest BCUT2D eigenvalue weighted by atomic mass is 10.1. The van der Waals surface area contributed by atoms with Crippen molar-refractivity contribution < 1.29 is 38.4 Å². The summed E-state index contributed by atoms with van der Waals surface area (Å²) in [6.45, 7) is -0.375. The number of ether oxygens (including phenoxy) is 1. The van der Waals surface area contributed by atoms with Crippen LogP contribution < -0.4 is 20.8 Å². The summed E-state index contributed by atoms with van der Waals surface area (Å²) in [5.41, 5.74) is 6.38. The number of nitrogens with one attached hydrogen (secondary N) is 1. The highest BCUT2D eigenvalue weighted by Crippen LogP contribution is 2.34. The van der Waals surface area contributed by atoms with Gasteiger partial charge in [0.2, 0.25) is 11.7 Å². The van der Waals surface area contributed by atoms with Crippen LogP contribution in [0, 0.1) is 0 Å². The van der Waals surface area contributed by atoms with E-state index in [0.29, 0.717) is 18.0 Å². The van der Waals surface area contributed by atoms with E-state index in [2.05, 4.69) is 14.5 Å². The molecule has 5 atom stereocenters. The highest BCUT2D eigenvalue weighted by atomic mass is 35.5. The van der Waals surface area contributed by atoms with Crippen LogP contribution in [-0.4, -0.2) is 54.6 Å². The van der Waals surface area contributed by atoms with Crippen molar-refractivity contribution >= 4 is 36.5 Å². The molecule has 1 saturated heterocycles. The number of nitrogen functional groups attached to an aromatic ring is 1. The van der Waals surface area contributed by atoms with Gasteiger partial charge in [-0.15, -0.1) is 0 Å². The van der Waals surface area contributed by atoms with E-state index in [1.54, 1.807) is 16.7 Å². The normalized spacial score (nSPS) is 24.9. The van der Waals surface area contributed by atoms with Crippen molar-refractivity contribution in [1.29, 1.82) is 0 Å². The Morgan fingerprint density at radius 3 is 2.70 bits per heavy atom. The van der Waals surface area contributed by atoms with Crippen molar-refractivity contribution in [3.8, 4) is 0 Å². The van der Waals surface area contributed by atoms with E-state index in [1.165, 1.54) is 10.9 Å². The molecule has 1 fully saturated rings. The fourth-order valence-corrected chi connectivity index (χ4v) is 4.16. The second kappa shape index (κ2) is 9.12. The molecule has 0 amide bonds. The molecule has 13 nitrogen and oxygen atoms in total. The number of H-pyrrole nitrogens is 1. The molecule has 15 heteroatoms. The number of aromatic amines is 1. The van der Waals surface area contributed by atoms with Crippen LogP contribution in [0.25, 0.3) is 11.2 Å². The van der Waals surface area contributed by atoms with E-state index in [1.807, 2.05) is 12.1 Å². The number of anilines is 1. The third-order valence-electron chi connectivity index (χ3n) is 5.26. The van der Waals surface area contributed by atoms with Crippen LogP contribution in [0.3, 0.4) is 0 Å². The Labute approximate surface area is 191 Å². The summed E-state index contributed by atoms with van der Waals surface area (Å²) in [6.07, 6.45) is -3.57. The highest BCUT2D eigenvalue weighted by Gasteiger charge is 2.47. The van der Waals surface area contributed by atoms with E-state index in [0.717, 1.165) is 5.56 Å². The summed E-state index contributed by atoms with van der Waals surface area (Å²) in [7, 11) is -5.06. The molecule has 1 aliphatic rings. The maximum absolute atomic E-state index is 12.6. The van der Waals surface area contributed by atoms with Gasteiger partial charge < -0.3 is 35.0 Å². The highest BCUT2D eigenvalue weighted by molar-refractivity contribution is 7.44. The number of hydrogen-bond donors (Lipinski definition) is 5. The minimum Gasteiger partial charge on any atom is -0.756 e. The van der Waals surface area contributed by atoms with Gasteiger partial charge in [0.25, 0.3) is 19.3 Å². The lowest BCUT2D eigenvalue weighted by molar-refractivity contribution is -0.746. The van der Waals surface area contributed by atoms with Crippen molar-refractivity contribution in [2.24, 2.45) is 0 Å². The smallest absolute Gasteiger partial charge is 0.313 e. The summed E-state index contributed by atoms with van der Waals surface area (Å²) < 4.78 is 23.7. The zero-order chi connectivity index (χ0) is 23.9. The summed E-state index contributed by atoms with van der Waals surface area (Å²) in [6, 6.07) is 7.20. The van der Waals surface area contributed by atoms with E-state index >= 15 is 0 Å². The van der Waals surface area contributed by atoms with Gasteiger partial charge in [-0.1, -0.05) is 28.7 Å². The number of aryl methyl sites for hydroxylation is 2. The molecule has 178 valence electrons. The van der Waals surface area contributed by atoms with Crippen molar-refractivity contribution in [2.45, 2.75) is 37.5 Å². The molecular formula is C18H21ClN5O8P. The summed E-state index contributed by atoms with van der Waals surface area (Å²) >= 11 is 5.92. The van der Waals surface area contributed by atoms with Crippen LogP contribution in [0.4, 0.5) is 5.95 Å². The number of nitrogens with two attached hydrogens (primary N) is 1. The number of phosphoric acid groups is 1. The first kappa shape index (κ1) is 23.8. The number of rotatable bonds is 7. The Morgan fingerprint density at radius 1 is 1.33 bits per heavy atom. The molecule has 2 aromatic heterocycles. The summed E-state index contributed by atoms with van der Waals surface area (Å²) in [5.74, 6) is -0.169. The molecule has 33 heavy (non-hydrogen) atoms. The first-order valence-corrected chi connectivity index (χ1v) is 11.6.